The number of unbranched alkanes of at least 4 members (excludes halogenated alkanes) is 1. The van der Waals surface area contributed by atoms with Crippen LogP contribution < -0.4 is 24.7 Å². The third-order valence-corrected chi connectivity index (χ3v) is 5.48. The van der Waals surface area contributed by atoms with Gasteiger partial charge in [-0.25, -0.2) is 4.79 Å². The number of nitrogens with zero attached hydrogens (tertiary/aromatic N) is 1. The molecular weight excluding hydrogens is 448 g/mol. The molecule has 1 aliphatic rings. The monoisotopic (exact) mass is 474 g/mol. The third-order valence-electron chi connectivity index (χ3n) is 5.48. The Labute approximate surface area is 203 Å². The van der Waals surface area contributed by atoms with E-state index in [4.69, 9.17) is 29.1 Å². The van der Waals surface area contributed by atoms with E-state index >= 15 is 0 Å². The van der Waals surface area contributed by atoms with E-state index in [-0.39, 0.29) is 23.0 Å². The van der Waals surface area contributed by atoms with Crippen molar-refractivity contribution in [2.75, 3.05) is 13.2 Å². The Morgan fingerprint density at radius 2 is 1.97 bits per heavy atom. The fourth-order valence-electron chi connectivity index (χ4n) is 3.81. The zero-order chi connectivity index (χ0) is 24.8. The SMILES string of the molecule is CCCCOc1ccc(C2C(C#N)=C(N)Oc3cc(OC(=O)c4ccco4)ccc32)cc1OCC. The molecule has 0 saturated heterocycles. The molecule has 1 atom stereocenters. The maximum Gasteiger partial charge on any atom is 0.379 e. The number of hydrogen-bond acceptors (Lipinski definition) is 8. The summed E-state index contributed by atoms with van der Waals surface area (Å²) >= 11 is 0. The molecule has 0 radical (unpaired) electrons. The summed E-state index contributed by atoms with van der Waals surface area (Å²) in [6.07, 6.45) is 3.35. The van der Waals surface area contributed by atoms with Gasteiger partial charge in [0, 0.05) is 11.6 Å². The van der Waals surface area contributed by atoms with Crippen LogP contribution in [0.25, 0.3) is 0 Å². The molecule has 180 valence electrons. The average molecular weight is 475 g/mol. The molecular formula is C27H26N2O6. The Balaban J connectivity index is 1.69. The first-order chi connectivity index (χ1) is 17.0. The maximum atomic E-state index is 12.3. The summed E-state index contributed by atoms with van der Waals surface area (Å²) in [5.74, 6) is 0.814. The van der Waals surface area contributed by atoms with Gasteiger partial charge in [-0.2, -0.15) is 5.26 Å². The molecule has 0 spiro atoms. The number of carbonyl (C=O) groups excluding carboxylic acids is 1. The molecule has 0 fully saturated rings. The molecule has 0 aliphatic carbocycles. The number of esters is 1. The standard InChI is InChI=1S/C27H26N2O6/c1-3-5-12-32-21-11-8-17(14-24(21)31-4-2)25-19-10-9-18(34-27(30)22-7-6-13-33-22)15-23(19)35-26(29)20(25)16-28/h6-11,13-15,25H,3-5,12,29H2,1-2H3. The van der Waals surface area contributed by atoms with Gasteiger partial charge in [-0.3, -0.25) is 0 Å². The summed E-state index contributed by atoms with van der Waals surface area (Å²) in [6, 6.07) is 15.8. The van der Waals surface area contributed by atoms with E-state index in [1.807, 2.05) is 25.1 Å². The second-order valence-corrected chi connectivity index (χ2v) is 7.83. The molecule has 2 aromatic carbocycles. The van der Waals surface area contributed by atoms with E-state index in [1.165, 1.54) is 12.3 Å². The van der Waals surface area contributed by atoms with Gasteiger partial charge in [0.1, 0.15) is 23.1 Å². The third kappa shape index (κ3) is 5.09. The van der Waals surface area contributed by atoms with E-state index in [1.54, 1.807) is 24.3 Å². The van der Waals surface area contributed by atoms with Crippen LogP contribution >= 0.6 is 0 Å². The summed E-state index contributed by atoms with van der Waals surface area (Å²) in [4.78, 5) is 12.3. The highest BCUT2D eigenvalue weighted by Crippen LogP contribution is 2.45. The van der Waals surface area contributed by atoms with Crippen LogP contribution in [0.3, 0.4) is 0 Å². The van der Waals surface area contributed by atoms with E-state index in [0.717, 1.165) is 18.4 Å². The molecule has 35 heavy (non-hydrogen) atoms. The van der Waals surface area contributed by atoms with Crippen LogP contribution in [0.15, 0.2) is 70.7 Å². The highest BCUT2D eigenvalue weighted by molar-refractivity contribution is 5.88. The lowest BCUT2D eigenvalue weighted by molar-refractivity contribution is 0.0701. The summed E-state index contributed by atoms with van der Waals surface area (Å²) in [5.41, 5.74) is 7.90. The van der Waals surface area contributed by atoms with Crippen molar-refractivity contribution in [3.05, 3.63) is 83.1 Å². The molecule has 0 bridgehead atoms. The molecule has 0 amide bonds. The van der Waals surface area contributed by atoms with Crippen molar-refractivity contribution in [2.45, 2.75) is 32.6 Å². The van der Waals surface area contributed by atoms with Crippen molar-refractivity contribution in [2.24, 2.45) is 5.73 Å². The zero-order valence-corrected chi connectivity index (χ0v) is 19.6. The van der Waals surface area contributed by atoms with Crippen LogP contribution in [0.2, 0.25) is 0 Å². The average Bonchev–Trinajstić information content (AvgIpc) is 3.40. The van der Waals surface area contributed by atoms with Gasteiger partial charge < -0.3 is 29.1 Å². The number of benzene rings is 2. The van der Waals surface area contributed by atoms with Gasteiger partial charge in [-0.15, -0.1) is 0 Å². The minimum Gasteiger partial charge on any atom is -0.490 e. The number of furan rings is 1. The van der Waals surface area contributed by atoms with Crippen LogP contribution in [0.1, 0.15) is 54.3 Å². The van der Waals surface area contributed by atoms with E-state index in [9.17, 15) is 10.1 Å². The molecule has 3 aromatic rings. The van der Waals surface area contributed by atoms with Crippen LogP contribution in [-0.4, -0.2) is 19.2 Å². The van der Waals surface area contributed by atoms with Crippen molar-refractivity contribution >= 4 is 5.97 Å². The maximum absolute atomic E-state index is 12.3. The van der Waals surface area contributed by atoms with Gasteiger partial charge in [0.2, 0.25) is 11.6 Å². The molecule has 8 nitrogen and oxygen atoms in total. The number of rotatable bonds is 9. The molecule has 1 unspecified atom stereocenters. The predicted octanol–water partition coefficient (Wildman–Crippen LogP) is 5.29. The van der Waals surface area contributed by atoms with Crippen molar-refractivity contribution in [1.82, 2.24) is 0 Å². The first kappa shape index (κ1) is 23.8. The van der Waals surface area contributed by atoms with Gasteiger partial charge >= 0.3 is 5.97 Å². The summed E-state index contributed by atoms with van der Waals surface area (Å²) in [5, 5.41) is 9.86. The quantitative estimate of drug-likeness (QED) is 0.252. The number of fused-ring (bicyclic) bond motifs is 1. The molecule has 1 aliphatic heterocycles. The smallest absolute Gasteiger partial charge is 0.379 e. The topological polar surface area (TPSA) is 117 Å². The fourth-order valence-corrected chi connectivity index (χ4v) is 3.81. The second-order valence-electron chi connectivity index (χ2n) is 7.83. The Morgan fingerprint density at radius 1 is 1.11 bits per heavy atom. The van der Waals surface area contributed by atoms with Gasteiger partial charge in [0.15, 0.2) is 11.5 Å². The normalized spacial score (nSPS) is 14.5. The Bertz CT molecular complexity index is 1270. The first-order valence-corrected chi connectivity index (χ1v) is 11.4. The first-order valence-electron chi connectivity index (χ1n) is 11.4. The molecule has 4 rings (SSSR count). The van der Waals surface area contributed by atoms with Crippen LogP contribution in [-0.2, 0) is 0 Å². The van der Waals surface area contributed by atoms with E-state index in [0.29, 0.717) is 36.0 Å². The lowest BCUT2D eigenvalue weighted by Crippen LogP contribution is -2.21. The number of ether oxygens (including phenoxy) is 4. The van der Waals surface area contributed by atoms with Crippen LogP contribution in [0.4, 0.5) is 0 Å². The van der Waals surface area contributed by atoms with Gasteiger partial charge in [-0.05, 0) is 49.2 Å². The minimum atomic E-state index is -0.636. The molecule has 1 aromatic heterocycles. The van der Waals surface area contributed by atoms with Crippen molar-refractivity contribution in [3.8, 4) is 29.1 Å². The molecule has 0 saturated carbocycles. The summed E-state index contributed by atoms with van der Waals surface area (Å²) in [7, 11) is 0. The van der Waals surface area contributed by atoms with E-state index in [2.05, 4.69) is 13.0 Å². The molecule has 8 heteroatoms. The fraction of sp³-hybridized carbons (Fsp3) is 0.259. The second kappa shape index (κ2) is 10.7. The predicted molar refractivity (Wildman–Crippen MR) is 127 cm³/mol. The highest BCUT2D eigenvalue weighted by atomic mass is 16.5. The lowest BCUT2D eigenvalue weighted by Gasteiger charge is -2.27. The zero-order valence-electron chi connectivity index (χ0n) is 19.6. The number of allylic oxidation sites excluding steroid dienone is 1. The number of hydrogen-bond donors (Lipinski definition) is 1. The Morgan fingerprint density at radius 3 is 2.69 bits per heavy atom. The van der Waals surface area contributed by atoms with Crippen molar-refractivity contribution in [3.63, 3.8) is 0 Å². The highest BCUT2D eigenvalue weighted by Gasteiger charge is 2.32. The Hall–Kier alpha value is -4.38. The molecule has 2 heterocycles. The number of carbonyl (C=O) groups is 1. The molecule has 2 N–H and O–H groups in total. The minimum absolute atomic E-state index is 0.0132. The van der Waals surface area contributed by atoms with Gasteiger partial charge in [-0.1, -0.05) is 25.5 Å². The summed E-state index contributed by atoms with van der Waals surface area (Å²) in [6.45, 7) is 5.05. The van der Waals surface area contributed by atoms with Gasteiger partial charge in [0.25, 0.3) is 0 Å². The Kier molecular flexibility index (Phi) is 7.27. The lowest BCUT2D eigenvalue weighted by atomic mass is 9.83. The number of nitrogens with two attached hydrogens (primary N) is 1. The van der Waals surface area contributed by atoms with Crippen LogP contribution in [0, 0.1) is 11.3 Å². The van der Waals surface area contributed by atoms with Crippen molar-refractivity contribution < 1.29 is 28.2 Å². The number of nitriles is 1. The van der Waals surface area contributed by atoms with Crippen molar-refractivity contribution in [1.29, 1.82) is 5.26 Å². The largest absolute Gasteiger partial charge is 0.490 e. The van der Waals surface area contributed by atoms with E-state index < -0.39 is 11.9 Å². The van der Waals surface area contributed by atoms with Crippen LogP contribution in [0.5, 0.6) is 23.0 Å². The summed E-state index contributed by atoms with van der Waals surface area (Å²) < 4.78 is 27.9. The van der Waals surface area contributed by atoms with Gasteiger partial charge in [0.05, 0.1) is 25.4 Å².